The first-order valence-corrected chi connectivity index (χ1v) is 9.62. The quantitative estimate of drug-likeness (QED) is 0.787. The summed E-state index contributed by atoms with van der Waals surface area (Å²) < 4.78 is 28.9. The van der Waals surface area contributed by atoms with Crippen molar-refractivity contribution in [3.05, 3.63) is 69.1 Å². The molecule has 1 aromatic heterocycles. The van der Waals surface area contributed by atoms with Crippen LogP contribution in [0.5, 0.6) is 0 Å². The van der Waals surface area contributed by atoms with Crippen LogP contribution in [0.2, 0.25) is 0 Å². The number of aliphatic hydroxyl groups is 1. The lowest BCUT2D eigenvalue weighted by atomic mass is 9.90. The molecule has 2 amide bonds. The van der Waals surface area contributed by atoms with Gasteiger partial charge in [-0.05, 0) is 37.8 Å². The van der Waals surface area contributed by atoms with Crippen molar-refractivity contribution in [2.75, 3.05) is 6.54 Å². The van der Waals surface area contributed by atoms with Crippen molar-refractivity contribution in [1.82, 2.24) is 9.47 Å². The van der Waals surface area contributed by atoms with Gasteiger partial charge in [-0.1, -0.05) is 6.07 Å². The lowest BCUT2D eigenvalue weighted by molar-refractivity contribution is -0.00815. The summed E-state index contributed by atoms with van der Waals surface area (Å²) in [4.78, 5) is 38.6. The maximum atomic E-state index is 14.2. The number of carbonyl (C=O) groups is 2. The molecular formula is C21H21F2N3O4. The highest BCUT2D eigenvalue weighted by Crippen LogP contribution is 2.38. The Labute approximate surface area is 170 Å². The number of hydrogen-bond acceptors (Lipinski definition) is 4. The minimum atomic E-state index is -1.26. The van der Waals surface area contributed by atoms with E-state index in [-0.39, 0.29) is 29.8 Å². The highest BCUT2D eigenvalue weighted by Gasteiger charge is 2.46. The summed E-state index contributed by atoms with van der Waals surface area (Å²) in [6.45, 7) is 1.74. The summed E-state index contributed by atoms with van der Waals surface area (Å²) in [6.07, 6.45) is 2.05. The monoisotopic (exact) mass is 417 g/mol. The second-order valence-corrected chi connectivity index (χ2v) is 8.17. The number of fused-ring (bicyclic) bond motifs is 4. The van der Waals surface area contributed by atoms with E-state index in [9.17, 15) is 28.3 Å². The van der Waals surface area contributed by atoms with Gasteiger partial charge >= 0.3 is 0 Å². The van der Waals surface area contributed by atoms with Crippen molar-refractivity contribution >= 4 is 11.8 Å². The van der Waals surface area contributed by atoms with Crippen molar-refractivity contribution in [2.45, 2.75) is 43.9 Å². The van der Waals surface area contributed by atoms with Gasteiger partial charge in [0.15, 0.2) is 5.43 Å². The number of primary amides is 1. The van der Waals surface area contributed by atoms with Crippen molar-refractivity contribution in [1.29, 1.82) is 0 Å². The summed E-state index contributed by atoms with van der Waals surface area (Å²) in [5.74, 6) is -2.75. The van der Waals surface area contributed by atoms with Gasteiger partial charge in [0.1, 0.15) is 22.9 Å². The Hall–Kier alpha value is -3.07. The fraction of sp³-hybridized carbons (Fsp3) is 0.381. The summed E-state index contributed by atoms with van der Waals surface area (Å²) >= 11 is 0. The average molecular weight is 417 g/mol. The molecule has 0 spiro atoms. The average Bonchev–Trinajstić information content (AvgIpc) is 2.77. The number of carbonyl (C=O) groups excluding carboxylic acids is 2. The number of amides is 2. The number of nitrogens with two attached hydrogens (primary N) is 1. The summed E-state index contributed by atoms with van der Waals surface area (Å²) in [5, 5.41) is 11.1. The highest BCUT2D eigenvalue weighted by molar-refractivity contribution is 5.96. The van der Waals surface area contributed by atoms with E-state index in [0.29, 0.717) is 12.8 Å². The molecule has 30 heavy (non-hydrogen) atoms. The van der Waals surface area contributed by atoms with Crippen molar-refractivity contribution in [3.8, 4) is 0 Å². The van der Waals surface area contributed by atoms with Crippen molar-refractivity contribution in [3.63, 3.8) is 0 Å². The van der Waals surface area contributed by atoms with Gasteiger partial charge in [-0.2, -0.15) is 0 Å². The Morgan fingerprint density at radius 1 is 1.30 bits per heavy atom. The SMILES string of the molecule is CC1(O)CCC(Cc2ccc(F)cc2F)N2CC1n1cc(C(N)=O)c(=O)cc1C2=O. The van der Waals surface area contributed by atoms with Crippen LogP contribution in [0.25, 0.3) is 0 Å². The van der Waals surface area contributed by atoms with Crippen LogP contribution in [-0.4, -0.2) is 44.6 Å². The minimum Gasteiger partial charge on any atom is -0.388 e. The molecule has 7 nitrogen and oxygen atoms in total. The van der Waals surface area contributed by atoms with Crippen LogP contribution < -0.4 is 11.2 Å². The molecule has 2 aliphatic heterocycles. The van der Waals surface area contributed by atoms with Crippen LogP contribution in [0.4, 0.5) is 8.78 Å². The normalized spacial score (nSPS) is 25.6. The standard InChI is InChI=1S/C21H21F2N3O4/c1-21(30)5-4-13(6-11-2-3-12(22)7-15(11)23)25-10-18(21)26-9-14(19(24)28)17(27)8-16(26)20(25)29/h2-3,7-9,13,18,30H,4-6,10H2,1H3,(H2,24,28). The van der Waals surface area contributed by atoms with Gasteiger partial charge in [-0.25, -0.2) is 8.78 Å². The van der Waals surface area contributed by atoms with Crippen LogP contribution in [0.15, 0.2) is 35.3 Å². The smallest absolute Gasteiger partial charge is 0.270 e. The lowest BCUT2D eigenvalue weighted by Crippen LogP contribution is -2.52. The topological polar surface area (TPSA) is 106 Å². The number of nitrogens with zero attached hydrogens (tertiary/aromatic N) is 2. The molecule has 158 valence electrons. The molecule has 9 heteroatoms. The maximum absolute atomic E-state index is 14.2. The number of aromatic nitrogens is 1. The Balaban J connectivity index is 1.78. The van der Waals surface area contributed by atoms with E-state index in [1.54, 1.807) is 6.92 Å². The van der Waals surface area contributed by atoms with Gasteiger partial charge in [0.2, 0.25) is 0 Å². The zero-order chi connectivity index (χ0) is 21.8. The van der Waals surface area contributed by atoms with Crippen molar-refractivity contribution in [2.24, 2.45) is 5.73 Å². The summed E-state index contributed by atoms with van der Waals surface area (Å²) in [7, 11) is 0. The molecule has 3 unspecified atom stereocenters. The number of hydrogen-bond donors (Lipinski definition) is 2. The fourth-order valence-corrected chi connectivity index (χ4v) is 4.41. The maximum Gasteiger partial charge on any atom is 0.270 e. The molecule has 0 aliphatic carbocycles. The molecule has 1 saturated heterocycles. The van der Waals surface area contributed by atoms with Crippen LogP contribution in [0.3, 0.4) is 0 Å². The Morgan fingerprint density at radius 3 is 2.70 bits per heavy atom. The zero-order valence-electron chi connectivity index (χ0n) is 16.3. The third kappa shape index (κ3) is 3.28. The summed E-state index contributed by atoms with van der Waals surface area (Å²) in [5.41, 5.74) is 3.37. The summed E-state index contributed by atoms with van der Waals surface area (Å²) in [6, 6.07) is 3.28. The number of halogens is 2. The number of benzene rings is 1. The number of pyridine rings is 1. The first-order valence-electron chi connectivity index (χ1n) is 9.62. The van der Waals surface area contributed by atoms with Gasteiger partial charge in [0.25, 0.3) is 11.8 Å². The number of rotatable bonds is 3. The van der Waals surface area contributed by atoms with E-state index in [4.69, 9.17) is 5.73 Å². The van der Waals surface area contributed by atoms with Crippen LogP contribution in [0, 0.1) is 11.6 Å². The minimum absolute atomic E-state index is 0.0352. The molecule has 3 atom stereocenters. The van der Waals surface area contributed by atoms with Gasteiger partial charge in [0.05, 0.1) is 11.6 Å². The molecule has 2 bridgehead atoms. The van der Waals surface area contributed by atoms with E-state index in [1.165, 1.54) is 21.7 Å². The van der Waals surface area contributed by atoms with E-state index >= 15 is 0 Å². The molecule has 2 aliphatic rings. The van der Waals surface area contributed by atoms with Crippen molar-refractivity contribution < 1.29 is 23.5 Å². The Bertz CT molecular complexity index is 1110. The Kier molecular flexibility index (Phi) is 4.73. The molecule has 0 saturated carbocycles. The highest BCUT2D eigenvalue weighted by atomic mass is 19.1. The molecule has 1 fully saturated rings. The van der Waals surface area contributed by atoms with Gasteiger partial charge in [-0.15, -0.1) is 0 Å². The van der Waals surface area contributed by atoms with Crippen LogP contribution in [0.1, 0.15) is 52.2 Å². The predicted octanol–water partition coefficient (Wildman–Crippen LogP) is 1.38. The van der Waals surface area contributed by atoms with Gasteiger partial charge < -0.3 is 20.3 Å². The first kappa shape index (κ1) is 20.2. The van der Waals surface area contributed by atoms with Gasteiger partial charge in [0, 0.05) is 30.9 Å². The zero-order valence-corrected chi connectivity index (χ0v) is 16.3. The van der Waals surface area contributed by atoms with Crippen LogP contribution in [-0.2, 0) is 6.42 Å². The predicted molar refractivity (Wildman–Crippen MR) is 103 cm³/mol. The molecule has 2 aromatic rings. The molecule has 4 rings (SSSR count). The third-order valence-corrected chi connectivity index (χ3v) is 6.14. The largest absolute Gasteiger partial charge is 0.388 e. The molecular weight excluding hydrogens is 396 g/mol. The third-order valence-electron chi connectivity index (χ3n) is 6.14. The lowest BCUT2D eigenvalue weighted by Gasteiger charge is -2.41. The second-order valence-electron chi connectivity index (χ2n) is 8.17. The van der Waals surface area contributed by atoms with E-state index in [0.717, 1.165) is 18.2 Å². The molecule has 3 heterocycles. The van der Waals surface area contributed by atoms with Crippen LogP contribution >= 0.6 is 0 Å². The van der Waals surface area contributed by atoms with E-state index in [1.807, 2.05) is 0 Å². The molecule has 0 radical (unpaired) electrons. The second kappa shape index (κ2) is 7.02. The fourth-order valence-electron chi connectivity index (χ4n) is 4.41. The van der Waals surface area contributed by atoms with E-state index in [2.05, 4.69) is 0 Å². The first-order chi connectivity index (χ1) is 14.1. The molecule has 1 aromatic carbocycles. The molecule has 3 N–H and O–H groups in total. The Morgan fingerprint density at radius 2 is 2.03 bits per heavy atom. The van der Waals surface area contributed by atoms with Gasteiger partial charge in [-0.3, -0.25) is 14.4 Å². The van der Waals surface area contributed by atoms with E-state index < -0.39 is 46.6 Å².